The predicted molar refractivity (Wildman–Crippen MR) is 142 cm³/mol. The second kappa shape index (κ2) is 11.0. The molecule has 0 bridgehead atoms. The van der Waals surface area contributed by atoms with Crippen LogP contribution in [0.2, 0.25) is 5.02 Å². The first kappa shape index (κ1) is 24.8. The number of piperidine rings is 1. The number of benzene rings is 3. The summed E-state index contributed by atoms with van der Waals surface area (Å²) in [4.78, 5) is 13.7. The van der Waals surface area contributed by atoms with Gasteiger partial charge in [-0.05, 0) is 61.2 Å². The van der Waals surface area contributed by atoms with Gasteiger partial charge in [0.15, 0.2) is 0 Å². The molecule has 2 heterocycles. The van der Waals surface area contributed by atoms with E-state index in [2.05, 4.69) is 64.8 Å². The Kier molecular flexibility index (Phi) is 7.58. The van der Waals surface area contributed by atoms with Crippen molar-refractivity contribution >= 4 is 17.5 Å². The molecule has 5 atom stereocenters. The van der Waals surface area contributed by atoms with Crippen molar-refractivity contribution < 1.29 is 9.53 Å². The number of carbonyl (C=O) groups is 1. The van der Waals surface area contributed by atoms with E-state index in [0.717, 1.165) is 22.4 Å². The molecule has 2 aliphatic heterocycles. The van der Waals surface area contributed by atoms with Gasteiger partial charge in [0.2, 0.25) is 5.91 Å². The molecule has 7 heteroatoms. The zero-order valence-electron chi connectivity index (χ0n) is 20.6. The van der Waals surface area contributed by atoms with Crippen LogP contribution >= 0.6 is 11.6 Å². The highest BCUT2D eigenvalue weighted by Crippen LogP contribution is 2.42. The van der Waals surface area contributed by atoms with Crippen LogP contribution in [0.1, 0.15) is 47.7 Å². The third kappa shape index (κ3) is 5.42. The summed E-state index contributed by atoms with van der Waals surface area (Å²) in [6.45, 7) is 5.19. The molecule has 4 N–H and O–H groups in total. The Morgan fingerprint density at radius 1 is 0.972 bits per heavy atom. The summed E-state index contributed by atoms with van der Waals surface area (Å²) < 4.78 is 5.61. The quantitative estimate of drug-likeness (QED) is 0.372. The number of fused-ring (bicyclic) bond motifs is 1. The second-order valence-corrected chi connectivity index (χ2v) is 10.1. The summed E-state index contributed by atoms with van der Waals surface area (Å²) in [5.74, 6) is 0.767. The first-order valence-corrected chi connectivity index (χ1v) is 13.0. The molecule has 2 fully saturated rings. The second-order valence-electron chi connectivity index (χ2n) is 9.64. The van der Waals surface area contributed by atoms with Crippen molar-refractivity contribution in [2.24, 2.45) is 11.8 Å². The zero-order valence-corrected chi connectivity index (χ0v) is 21.4. The van der Waals surface area contributed by atoms with E-state index in [1.807, 2.05) is 43.3 Å². The van der Waals surface area contributed by atoms with E-state index < -0.39 is 0 Å². The number of amides is 1. The lowest BCUT2D eigenvalue weighted by Crippen LogP contribution is -2.54. The lowest BCUT2D eigenvalue weighted by molar-refractivity contribution is -0.129. The van der Waals surface area contributed by atoms with Crippen LogP contribution < -0.4 is 26.2 Å². The van der Waals surface area contributed by atoms with E-state index in [9.17, 15) is 4.79 Å². The summed E-state index contributed by atoms with van der Waals surface area (Å²) in [5.41, 5.74) is 11.4. The van der Waals surface area contributed by atoms with Crippen LogP contribution in [-0.4, -0.2) is 18.7 Å². The van der Waals surface area contributed by atoms with Gasteiger partial charge >= 0.3 is 0 Å². The molecule has 188 valence electrons. The van der Waals surface area contributed by atoms with Gasteiger partial charge in [0.1, 0.15) is 5.75 Å². The lowest BCUT2D eigenvalue weighted by Gasteiger charge is -2.40. The van der Waals surface area contributed by atoms with Crippen LogP contribution in [0.15, 0.2) is 72.8 Å². The number of carbonyl (C=O) groups excluding carboxylic acids is 1. The van der Waals surface area contributed by atoms with Crippen molar-refractivity contribution in [1.82, 2.24) is 21.5 Å². The van der Waals surface area contributed by atoms with Crippen molar-refractivity contribution in [3.05, 3.63) is 100 Å². The molecule has 2 saturated heterocycles. The molecule has 0 radical (unpaired) electrons. The number of nitrogens with one attached hydrogen (secondary N) is 4. The van der Waals surface area contributed by atoms with Crippen molar-refractivity contribution in [2.45, 2.75) is 45.1 Å². The minimum atomic E-state index is -0.193. The highest BCUT2D eigenvalue weighted by Gasteiger charge is 2.49. The third-order valence-corrected chi connectivity index (χ3v) is 7.50. The number of ether oxygens (including phenoxy) is 1. The van der Waals surface area contributed by atoms with E-state index in [1.165, 1.54) is 5.56 Å². The van der Waals surface area contributed by atoms with Gasteiger partial charge in [0.05, 0.1) is 18.8 Å². The summed E-state index contributed by atoms with van der Waals surface area (Å²) >= 11 is 6.14. The number of aryl methyl sites for hydroxylation is 1. The summed E-state index contributed by atoms with van der Waals surface area (Å²) in [6, 6.07) is 24.3. The normalized spacial score (nSPS) is 25.2. The van der Waals surface area contributed by atoms with Gasteiger partial charge in [-0.25, -0.2) is 10.9 Å². The first-order valence-electron chi connectivity index (χ1n) is 12.6. The lowest BCUT2D eigenvalue weighted by atomic mass is 9.74. The van der Waals surface area contributed by atoms with E-state index in [1.54, 1.807) is 0 Å². The van der Waals surface area contributed by atoms with Crippen LogP contribution in [0.3, 0.4) is 0 Å². The predicted octanol–water partition coefficient (Wildman–Crippen LogP) is 4.81. The van der Waals surface area contributed by atoms with E-state index in [4.69, 9.17) is 16.3 Å². The Morgan fingerprint density at radius 3 is 2.36 bits per heavy atom. The molecule has 36 heavy (non-hydrogen) atoms. The fraction of sp³-hybridized carbons (Fsp3) is 0.345. The average molecular weight is 505 g/mol. The largest absolute Gasteiger partial charge is 0.494 e. The van der Waals surface area contributed by atoms with Crippen molar-refractivity contribution in [2.75, 3.05) is 6.61 Å². The molecule has 5 rings (SSSR count). The molecule has 5 unspecified atom stereocenters. The zero-order chi connectivity index (χ0) is 25.1. The van der Waals surface area contributed by atoms with Gasteiger partial charge in [-0.2, -0.15) is 0 Å². The number of rotatable bonds is 7. The SMILES string of the molecule is CCOc1ccc(C2CC(C(=O)NCc3ccc(C)cc3)C3C(NNC3c3ccc(Cl)cc3)N2)cc1. The average Bonchev–Trinajstić information content (AvgIpc) is 3.33. The van der Waals surface area contributed by atoms with Crippen molar-refractivity contribution in [1.29, 1.82) is 0 Å². The highest BCUT2D eigenvalue weighted by atomic mass is 35.5. The van der Waals surface area contributed by atoms with Gasteiger partial charge in [-0.3, -0.25) is 10.1 Å². The third-order valence-electron chi connectivity index (χ3n) is 7.25. The number of hydrazine groups is 1. The Balaban J connectivity index is 1.38. The van der Waals surface area contributed by atoms with Crippen LogP contribution in [0.25, 0.3) is 0 Å². The molecule has 1 amide bonds. The molecular weight excluding hydrogens is 472 g/mol. The Bertz CT molecular complexity index is 1170. The maximum Gasteiger partial charge on any atom is 0.223 e. The molecule has 0 aromatic heterocycles. The van der Waals surface area contributed by atoms with Crippen LogP contribution in [0.4, 0.5) is 0 Å². The fourth-order valence-electron chi connectivity index (χ4n) is 5.36. The molecular formula is C29H33ClN4O2. The minimum Gasteiger partial charge on any atom is -0.494 e. The molecule has 6 nitrogen and oxygen atoms in total. The topological polar surface area (TPSA) is 74.4 Å². The van der Waals surface area contributed by atoms with Gasteiger partial charge in [0, 0.05) is 29.4 Å². The van der Waals surface area contributed by atoms with E-state index >= 15 is 0 Å². The first-order chi connectivity index (χ1) is 17.5. The summed E-state index contributed by atoms with van der Waals surface area (Å²) in [6.07, 6.45) is 0.633. The summed E-state index contributed by atoms with van der Waals surface area (Å²) in [5, 5.41) is 7.66. The van der Waals surface area contributed by atoms with Crippen LogP contribution in [0, 0.1) is 18.8 Å². The van der Waals surface area contributed by atoms with Gasteiger partial charge in [-0.1, -0.05) is 65.7 Å². The minimum absolute atomic E-state index is 0.0174. The smallest absolute Gasteiger partial charge is 0.223 e. The Hall–Kier alpha value is -2.90. The highest BCUT2D eigenvalue weighted by molar-refractivity contribution is 6.30. The Labute approximate surface area is 217 Å². The molecule has 2 aliphatic rings. The van der Waals surface area contributed by atoms with E-state index in [0.29, 0.717) is 24.6 Å². The van der Waals surface area contributed by atoms with Crippen LogP contribution in [0.5, 0.6) is 5.75 Å². The fourth-order valence-corrected chi connectivity index (χ4v) is 5.48. The maximum absolute atomic E-state index is 13.7. The van der Waals surface area contributed by atoms with Gasteiger partial charge in [0.25, 0.3) is 0 Å². The monoisotopic (exact) mass is 504 g/mol. The van der Waals surface area contributed by atoms with Gasteiger partial charge in [-0.15, -0.1) is 0 Å². The molecule has 0 saturated carbocycles. The number of hydrogen-bond acceptors (Lipinski definition) is 5. The van der Waals surface area contributed by atoms with Crippen molar-refractivity contribution in [3.8, 4) is 5.75 Å². The van der Waals surface area contributed by atoms with E-state index in [-0.39, 0.29) is 36.0 Å². The maximum atomic E-state index is 13.7. The van der Waals surface area contributed by atoms with Crippen LogP contribution in [-0.2, 0) is 11.3 Å². The molecule has 0 spiro atoms. The molecule has 3 aromatic carbocycles. The number of halogens is 1. The molecule has 0 aliphatic carbocycles. The number of hydrogen-bond donors (Lipinski definition) is 4. The molecule has 3 aromatic rings. The van der Waals surface area contributed by atoms with Crippen molar-refractivity contribution in [3.63, 3.8) is 0 Å². The standard InChI is InChI=1S/C29H33ClN4O2/c1-3-36-23-14-10-20(11-15-23)25-16-24(29(35)31-17-19-6-4-18(2)5-7-19)26-27(33-34-28(26)32-25)21-8-12-22(30)13-9-21/h4-15,24-28,32-34H,3,16-17H2,1-2H3,(H,31,35). The summed E-state index contributed by atoms with van der Waals surface area (Å²) in [7, 11) is 0. The van der Waals surface area contributed by atoms with Gasteiger partial charge < -0.3 is 10.1 Å². The Morgan fingerprint density at radius 2 is 1.67 bits per heavy atom.